The maximum atomic E-state index is 12.2. The number of hydrogen-bond donors (Lipinski definition) is 1. The summed E-state index contributed by atoms with van der Waals surface area (Å²) in [5.41, 5.74) is -0.316. The third kappa shape index (κ3) is 2.19. The molecule has 0 amide bonds. The van der Waals surface area contributed by atoms with Gasteiger partial charge < -0.3 is 5.11 Å². The van der Waals surface area contributed by atoms with Gasteiger partial charge in [0.05, 0.1) is 5.88 Å². The van der Waals surface area contributed by atoms with E-state index in [1.165, 1.54) is 6.20 Å². The maximum absolute atomic E-state index is 12.2. The maximum Gasteiger partial charge on any atom is 0.284 e. The van der Waals surface area contributed by atoms with E-state index in [0.29, 0.717) is 9.13 Å². The molecular weight excluding hydrogens is 314 g/mol. The molecule has 0 aromatic carbocycles. The Kier molecular flexibility index (Phi) is 3.66. The lowest BCUT2D eigenvalue weighted by Gasteiger charge is -2.07. The first-order valence-corrected chi connectivity index (χ1v) is 4.89. The summed E-state index contributed by atoms with van der Waals surface area (Å²) in [4.78, 5) is 3.42. The van der Waals surface area contributed by atoms with Crippen molar-refractivity contribution in [2.24, 2.45) is 0 Å². The molecule has 0 bridgehead atoms. The molecule has 0 aliphatic carbocycles. The van der Waals surface area contributed by atoms with E-state index >= 15 is 0 Å². The quantitative estimate of drug-likeness (QED) is 0.671. The lowest BCUT2D eigenvalue weighted by atomic mass is 10.2. The Bertz CT molecular complexity index is 322. The largest absolute Gasteiger partial charge is 0.505 e. The lowest BCUT2D eigenvalue weighted by molar-refractivity contribution is 0.141. The van der Waals surface area contributed by atoms with Crippen LogP contribution in [0, 0.1) is 3.57 Å². The number of pyridine rings is 1. The average Bonchev–Trinajstić information content (AvgIpc) is 2.04. The third-order valence-corrected chi connectivity index (χ3v) is 2.67. The zero-order chi connectivity index (χ0) is 10.0. The van der Waals surface area contributed by atoms with Crippen molar-refractivity contribution in [1.82, 2.24) is 4.98 Å². The fraction of sp³-hybridized carbons (Fsp3) is 0.286. The first-order chi connectivity index (χ1) is 6.07. The summed E-state index contributed by atoms with van der Waals surface area (Å²) >= 11 is 7.35. The van der Waals surface area contributed by atoms with Crippen LogP contribution in [0.15, 0.2) is 6.20 Å². The minimum Gasteiger partial charge on any atom is -0.505 e. The smallest absolute Gasteiger partial charge is 0.284 e. The summed E-state index contributed by atoms with van der Waals surface area (Å²) < 4.78 is 25.0. The van der Waals surface area contributed by atoms with E-state index in [-0.39, 0.29) is 5.88 Å². The molecule has 1 aromatic heterocycles. The first-order valence-electron chi connectivity index (χ1n) is 3.28. The molecule has 0 atom stereocenters. The van der Waals surface area contributed by atoms with Crippen LogP contribution in [0.3, 0.4) is 0 Å². The van der Waals surface area contributed by atoms with Gasteiger partial charge in [-0.3, -0.25) is 4.98 Å². The molecule has 1 aromatic rings. The Morgan fingerprint density at radius 3 is 2.69 bits per heavy atom. The van der Waals surface area contributed by atoms with E-state index < -0.39 is 17.9 Å². The van der Waals surface area contributed by atoms with Gasteiger partial charge in [-0.1, -0.05) is 0 Å². The molecule has 0 unspecified atom stereocenters. The van der Waals surface area contributed by atoms with Gasteiger partial charge in [-0.05, 0) is 22.6 Å². The summed E-state index contributed by atoms with van der Waals surface area (Å²) in [5.74, 6) is -0.510. The molecule has 0 radical (unpaired) electrons. The Balaban J connectivity index is 3.27. The molecule has 0 aliphatic rings. The molecule has 0 spiro atoms. The van der Waals surface area contributed by atoms with Crippen molar-refractivity contribution < 1.29 is 13.9 Å². The molecule has 6 heteroatoms. The zero-order valence-corrected chi connectivity index (χ0v) is 9.18. The van der Waals surface area contributed by atoms with Crippen LogP contribution in [0.1, 0.15) is 17.7 Å². The van der Waals surface area contributed by atoms with E-state index in [1.54, 1.807) is 0 Å². The van der Waals surface area contributed by atoms with E-state index in [4.69, 9.17) is 11.6 Å². The van der Waals surface area contributed by atoms with Crippen LogP contribution in [0.25, 0.3) is 0 Å². The molecule has 1 N–H and O–H groups in total. The van der Waals surface area contributed by atoms with Crippen LogP contribution >= 0.6 is 34.2 Å². The van der Waals surface area contributed by atoms with Gasteiger partial charge in [0.25, 0.3) is 6.43 Å². The highest BCUT2D eigenvalue weighted by Gasteiger charge is 2.18. The highest BCUT2D eigenvalue weighted by atomic mass is 127. The van der Waals surface area contributed by atoms with E-state index in [9.17, 15) is 13.9 Å². The molecule has 13 heavy (non-hydrogen) atoms. The number of aromatic nitrogens is 1. The van der Waals surface area contributed by atoms with Gasteiger partial charge in [0.1, 0.15) is 11.4 Å². The summed E-state index contributed by atoms with van der Waals surface area (Å²) in [5, 5.41) is 9.31. The van der Waals surface area contributed by atoms with Gasteiger partial charge in [0.2, 0.25) is 0 Å². The molecule has 2 nitrogen and oxygen atoms in total. The predicted octanol–water partition coefficient (Wildman–Crippen LogP) is 3.07. The van der Waals surface area contributed by atoms with Crippen LogP contribution in [-0.4, -0.2) is 10.1 Å². The van der Waals surface area contributed by atoms with Crippen molar-refractivity contribution in [1.29, 1.82) is 0 Å². The highest BCUT2D eigenvalue weighted by molar-refractivity contribution is 14.1. The second-order valence-corrected chi connectivity index (χ2v) is 3.68. The number of aromatic hydroxyl groups is 1. The number of halogens is 4. The van der Waals surface area contributed by atoms with Gasteiger partial charge in [0, 0.05) is 15.3 Å². The first kappa shape index (κ1) is 10.9. The number of alkyl halides is 3. The molecule has 0 saturated heterocycles. The van der Waals surface area contributed by atoms with Crippen LogP contribution in [0.4, 0.5) is 8.78 Å². The normalized spacial score (nSPS) is 10.8. The Morgan fingerprint density at radius 2 is 2.23 bits per heavy atom. The zero-order valence-electron chi connectivity index (χ0n) is 6.27. The standard InChI is InChI=1S/C7H5ClF2INO/c8-1-3-4(11)2-12-5(6(3)13)7(9)10/h2,7,13H,1H2. The van der Waals surface area contributed by atoms with Crippen molar-refractivity contribution >= 4 is 34.2 Å². The number of rotatable bonds is 2. The molecule has 72 valence electrons. The van der Waals surface area contributed by atoms with E-state index in [2.05, 4.69) is 4.98 Å². The van der Waals surface area contributed by atoms with Crippen molar-refractivity contribution in [2.75, 3.05) is 0 Å². The second-order valence-electron chi connectivity index (χ2n) is 2.25. The van der Waals surface area contributed by atoms with Gasteiger partial charge in [0.15, 0.2) is 0 Å². The summed E-state index contributed by atoms with van der Waals surface area (Å²) in [7, 11) is 0. The SMILES string of the molecule is Oc1c(C(F)F)ncc(I)c1CCl. The van der Waals surface area contributed by atoms with Crippen LogP contribution in [0.2, 0.25) is 0 Å². The molecule has 0 fully saturated rings. The summed E-state index contributed by atoms with van der Waals surface area (Å²) in [6.45, 7) is 0. The molecule has 1 heterocycles. The molecule has 0 aliphatic heterocycles. The highest BCUT2D eigenvalue weighted by Crippen LogP contribution is 2.32. The van der Waals surface area contributed by atoms with Crippen molar-refractivity contribution in [3.63, 3.8) is 0 Å². The second kappa shape index (κ2) is 4.36. The number of hydrogen-bond acceptors (Lipinski definition) is 2. The Hall–Kier alpha value is -0.170. The monoisotopic (exact) mass is 319 g/mol. The van der Waals surface area contributed by atoms with Crippen LogP contribution in [-0.2, 0) is 5.88 Å². The topological polar surface area (TPSA) is 33.1 Å². The Labute approximate surface area is 92.1 Å². The molecular formula is C7H5ClF2INO. The van der Waals surface area contributed by atoms with Gasteiger partial charge >= 0.3 is 0 Å². The Morgan fingerprint density at radius 1 is 1.62 bits per heavy atom. The summed E-state index contributed by atoms with van der Waals surface area (Å²) in [6.07, 6.45) is -1.52. The van der Waals surface area contributed by atoms with Crippen molar-refractivity contribution in [2.45, 2.75) is 12.3 Å². The van der Waals surface area contributed by atoms with E-state index in [1.807, 2.05) is 22.6 Å². The molecule has 0 saturated carbocycles. The molecule has 1 rings (SSSR count). The predicted molar refractivity (Wildman–Crippen MR) is 53.1 cm³/mol. The fourth-order valence-electron chi connectivity index (χ4n) is 0.820. The van der Waals surface area contributed by atoms with Crippen molar-refractivity contribution in [3.8, 4) is 5.75 Å². The van der Waals surface area contributed by atoms with Crippen molar-refractivity contribution in [3.05, 3.63) is 21.0 Å². The van der Waals surface area contributed by atoms with Gasteiger partial charge in [-0.25, -0.2) is 8.78 Å². The third-order valence-electron chi connectivity index (χ3n) is 1.47. The minimum absolute atomic E-state index is 0.00759. The van der Waals surface area contributed by atoms with Gasteiger partial charge in [-0.15, -0.1) is 11.6 Å². The van der Waals surface area contributed by atoms with Gasteiger partial charge in [-0.2, -0.15) is 0 Å². The average molecular weight is 319 g/mol. The summed E-state index contributed by atoms with van der Waals surface area (Å²) in [6, 6.07) is 0. The van der Waals surface area contributed by atoms with Crippen LogP contribution in [0.5, 0.6) is 5.75 Å². The number of nitrogens with zero attached hydrogens (tertiary/aromatic N) is 1. The van der Waals surface area contributed by atoms with E-state index in [0.717, 1.165) is 0 Å². The van der Waals surface area contributed by atoms with Crippen LogP contribution < -0.4 is 0 Å². The minimum atomic E-state index is -2.78. The lowest BCUT2D eigenvalue weighted by Crippen LogP contribution is -1.96. The fourth-order valence-corrected chi connectivity index (χ4v) is 1.90.